The van der Waals surface area contributed by atoms with Gasteiger partial charge in [-0.3, -0.25) is 4.79 Å². The van der Waals surface area contributed by atoms with Crippen molar-refractivity contribution in [1.29, 1.82) is 0 Å². The SMILES string of the molecule is CN1C(=O)Cc2cc(C(=O)OCCO)ccc21. The summed E-state index contributed by atoms with van der Waals surface area (Å²) in [6.45, 7) is -0.216. The van der Waals surface area contributed by atoms with Crippen LogP contribution in [0.1, 0.15) is 15.9 Å². The summed E-state index contributed by atoms with van der Waals surface area (Å²) < 4.78 is 4.80. The van der Waals surface area contributed by atoms with E-state index in [1.165, 1.54) is 0 Å². The summed E-state index contributed by atoms with van der Waals surface area (Å²) in [5, 5.41) is 8.56. The van der Waals surface area contributed by atoms with E-state index in [2.05, 4.69) is 0 Å². The smallest absolute Gasteiger partial charge is 0.338 e. The lowest BCUT2D eigenvalue weighted by Crippen LogP contribution is -2.20. The number of fused-ring (bicyclic) bond motifs is 1. The Morgan fingerprint density at radius 1 is 1.53 bits per heavy atom. The number of aliphatic hydroxyl groups is 1. The Hall–Kier alpha value is -1.88. The van der Waals surface area contributed by atoms with Crippen molar-refractivity contribution in [1.82, 2.24) is 0 Å². The summed E-state index contributed by atoms with van der Waals surface area (Å²) in [6, 6.07) is 5.01. The number of amides is 1. The number of hydrogen-bond donors (Lipinski definition) is 1. The topological polar surface area (TPSA) is 66.8 Å². The minimum absolute atomic E-state index is 0.0147. The van der Waals surface area contributed by atoms with E-state index >= 15 is 0 Å². The van der Waals surface area contributed by atoms with E-state index < -0.39 is 5.97 Å². The molecule has 1 heterocycles. The van der Waals surface area contributed by atoms with Crippen molar-refractivity contribution in [2.75, 3.05) is 25.2 Å². The molecule has 0 aromatic heterocycles. The van der Waals surface area contributed by atoms with E-state index in [1.807, 2.05) is 0 Å². The number of hydrogen-bond acceptors (Lipinski definition) is 4. The first-order valence-corrected chi connectivity index (χ1v) is 5.31. The molecule has 1 N–H and O–H groups in total. The van der Waals surface area contributed by atoms with Crippen LogP contribution in [-0.4, -0.2) is 37.2 Å². The number of esters is 1. The molecule has 1 aromatic rings. The third-order valence-electron chi connectivity index (χ3n) is 2.72. The standard InChI is InChI=1S/C12H13NO4/c1-13-10-3-2-8(12(16)17-5-4-14)6-9(10)7-11(13)15/h2-3,6,14H,4-5,7H2,1H3. The number of carbonyl (C=O) groups excluding carboxylic acids is 2. The van der Waals surface area contributed by atoms with E-state index in [0.717, 1.165) is 11.3 Å². The van der Waals surface area contributed by atoms with Gasteiger partial charge >= 0.3 is 5.97 Å². The van der Waals surface area contributed by atoms with Crippen molar-refractivity contribution in [2.24, 2.45) is 0 Å². The quantitative estimate of drug-likeness (QED) is 0.768. The zero-order valence-electron chi connectivity index (χ0n) is 9.47. The highest BCUT2D eigenvalue weighted by atomic mass is 16.5. The van der Waals surface area contributed by atoms with Gasteiger partial charge in [-0.2, -0.15) is 0 Å². The number of aliphatic hydroxyl groups excluding tert-OH is 1. The molecule has 0 fully saturated rings. The summed E-state index contributed by atoms with van der Waals surface area (Å²) in [7, 11) is 1.71. The lowest BCUT2D eigenvalue weighted by molar-refractivity contribution is -0.117. The molecule has 1 aliphatic heterocycles. The first-order chi connectivity index (χ1) is 8.13. The molecule has 17 heavy (non-hydrogen) atoms. The van der Waals surface area contributed by atoms with Gasteiger partial charge in [0.15, 0.2) is 0 Å². The maximum Gasteiger partial charge on any atom is 0.338 e. The maximum absolute atomic E-state index is 11.5. The van der Waals surface area contributed by atoms with Crippen molar-refractivity contribution in [3.63, 3.8) is 0 Å². The van der Waals surface area contributed by atoms with Crippen LogP contribution in [0.2, 0.25) is 0 Å². The lowest BCUT2D eigenvalue weighted by atomic mass is 10.1. The molecule has 2 rings (SSSR count). The van der Waals surface area contributed by atoms with Crippen molar-refractivity contribution in [3.8, 4) is 0 Å². The van der Waals surface area contributed by atoms with Gasteiger partial charge in [-0.25, -0.2) is 4.79 Å². The molecule has 0 unspecified atom stereocenters. The fourth-order valence-electron chi connectivity index (χ4n) is 1.82. The second-order valence-electron chi connectivity index (χ2n) is 3.83. The van der Waals surface area contributed by atoms with Gasteiger partial charge in [-0.15, -0.1) is 0 Å². The molecule has 1 aromatic carbocycles. The monoisotopic (exact) mass is 235 g/mol. The summed E-state index contributed by atoms with van der Waals surface area (Å²) in [4.78, 5) is 24.6. The number of carbonyl (C=O) groups is 2. The molecule has 90 valence electrons. The van der Waals surface area contributed by atoms with E-state index in [4.69, 9.17) is 9.84 Å². The Morgan fingerprint density at radius 3 is 3.00 bits per heavy atom. The summed E-state index contributed by atoms with van der Waals surface area (Å²) in [5.74, 6) is -0.468. The van der Waals surface area contributed by atoms with Crippen LogP contribution in [0, 0.1) is 0 Å². The van der Waals surface area contributed by atoms with Crippen molar-refractivity contribution in [3.05, 3.63) is 29.3 Å². The van der Waals surface area contributed by atoms with Gasteiger partial charge in [0.1, 0.15) is 6.61 Å². The van der Waals surface area contributed by atoms with Gasteiger partial charge < -0.3 is 14.7 Å². The molecule has 5 nitrogen and oxygen atoms in total. The van der Waals surface area contributed by atoms with Crippen molar-refractivity contribution in [2.45, 2.75) is 6.42 Å². The predicted molar refractivity (Wildman–Crippen MR) is 60.9 cm³/mol. The Labute approximate surface area is 98.6 Å². The number of rotatable bonds is 3. The van der Waals surface area contributed by atoms with Crippen molar-refractivity contribution < 1.29 is 19.4 Å². The van der Waals surface area contributed by atoms with Crippen LogP contribution in [0.25, 0.3) is 0 Å². The molecule has 1 amide bonds. The number of benzene rings is 1. The summed E-state index contributed by atoms with van der Waals surface area (Å²) in [6.07, 6.45) is 0.312. The first-order valence-electron chi connectivity index (χ1n) is 5.31. The Morgan fingerprint density at radius 2 is 2.29 bits per heavy atom. The molecule has 0 bridgehead atoms. The van der Waals surface area contributed by atoms with E-state index in [-0.39, 0.29) is 19.1 Å². The van der Waals surface area contributed by atoms with E-state index in [9.17, 15) is 9.59 Å². The van der Waals surface area contributed by atoms with Crippen LogP contribution >= 0.6 is 0 Å². The Bertz CT molecular complexity index is 470. The fraction of sp³-hybridized carbons (Fsp3) is 0.333. The van der Waals surface area contributed by atoms with Crippen molar-refractivity contribution >= 4 is 17.6 Å². The molecule has 0 atom stereocenters. The van der Waals surface area contributed by atoms with Gasteiger partial charge in [-0.1, -0.05) is 0 Å². The molecule has 0 saturated carbocycles. The summed E-state index contributed by atoms with van der Waals surface area (Å²) in [5.41, 5.74) is 2.06. The van der Waals surface area contributed by atoms with E-state index in [1.54, 1.807) is 30.1 Å². The third kappa shape index (κ3) is 2.14. The lowest BCUT2D eigenvalue weighted by Gasteiger charge is -2.10. The fourth-order valence-corrected chi connectivity index (χ4v) is 1.82. The second-order valence-corrected chi connectivity index (χ2v) is 3.83. The van der Waals surface area contributed by atoms with Crippen LogP contribution in [0.4, 0.5) is 5.69 Å². The highest BCUT2D eigenvalue weighted by Crippen LogP contribution is 2.28. The maximum atomic E-state index is 11.5. The Balaban J connectivity index is 2.21. The van der Waals surface area contributed by atoms with E-state index in [0.29, 0.717) is 12.0 Å². The Kier molecular flexibility index (Phi) is 3.10. The molecule has 0 saturated heterocycles. The minimum atomic E-state index is -0.483. The van der Waals surface area contributed by atoms with Crippen LogP contribution < -0.4 is 4.90 Å². The average Bonchev–Trinajstić information content (AvgIpc) is 2.61. The minimum Gasteiger partial charge on any atom is -0.460 e. The summed E-state index contributed by atoms with van der Waals surface area (Å²) >= 11 is 0. The van der Waals surface area contributed by atoms with Gasteiger partial charge in [0.05, 0.1) is 18.6 Å². The zero-order chi connectivity index (χ0) is 12.4. The van der Waals surface area contributed by atoms with Crippen LogP contribution in [0.5, 0.6) is 0 Å². The molecule has 0 spiro atoms. The molecular weight excluding hydrogens is 222 g/mol. The predicted octanol–water partition coefficient (Wildman–Crippen LogP) is 0.355. The number of likely N-dealkylation sites (N-methyl/N-ethyl adjacent to an activating group) is 1. The van der Waals surface area contributed by atoms with Gasteiger partial charge in [0, 0.05) is 12.7 Å². The van der Waals surface area contributed by atoms with Gasteiger partial charge in [-0.05, 0) is 23.8 Å². The average molecular weight is 235 g/mol. The largest absolute Gasteiger partial charge is 0.460 e. The second kappa shape index (κ2) is 4.55. The van der Waals surface area contributed by atoms with Gasteiger partial charge in [0.25, 0.3) is 0 Å². The third-order valence-corrected chi connectivity index (χ3v) is 2.72. The van der Waals surface area contributed by atoms with Gasteiger partial charge in [0.2, 0.25) is 5.91 Å². The molecular formula is C12H13NO4. The molecule has 0 radical (unpaired) electrons. The highest BCUT2D eigenvalue weighted by Gasteiger charge is 2.24. The molecule has 0 aliphatic carbocycles. The number of ether oxygens (including phenoxy) is 1. The highest BCUT2D eigenvalue weighted by molar-refractivity contribution is 6.02. The van der Waals surface area contributed by atoms with Crippen LogP contribution in [0.3, 0.4) is 0 Å². The number of anilines is 1. The molecule has 1 aliphatic rings. The molecule has 5 heteroatoms. The number of nitrogens with zero attached hydrogens (tertiary/aromatic N) is 1. The zero-order valence-corrected chi connectivity index (χ0v) is 9.47. The normalized spacial score (nSPS) is 13.8. The van der Waals surface area contributed by atoms with Crippen LogP contribution in [-0.2, 0) is 16.0 Å². The first kappa shape index (κ1) is 11.6. The van der Waals surface area contributed by atoms with Crippen LogP contribution in [0.15, 0.2) is 18.2 Å².